The first-order chi connectivity index (χ1) is 5.07. The standard InChI is InChI=1S/C10H15B/c1-7-3-8-5-10(2,11)6-9(8)4-7/h8-9H,1,3-6H2,2H3. The van der Waals surface area contributed by atoms with Crippen molar-refractivity contribution in [2.24, 2.45) is 11.8 Å². The van der Waals surface area contributed by atoms with Crippen molar-refractivity contribution >= 4 is 7.85 Å². The first-order valence-electron chi connectivity index (χ1n) is 4.52. The fourth-order valence-electron chi connectivity index (χ4n) is 2.92. The van der Waals surface area contributed by atoms with Gasteiger partial charge in [0.25, 0.3) is 0 Å². The highest BCUT2D eigenvalue weighted by atomic mass is 14.4. The number of fused-ring (bicyclic) bond motifs is 1. The Bertz CT molecular complexity index is 175. The molecule has 0 saturated heterocycles. The van der Waals surface area contributed by atoms with Gasteiger partial charge in [0.2, 0.25) is 0 Å². The third-order valence-corrected chi connectivity index (χ3v) is 3.23. The molecule has 0 spiro atoms. The highest BCUT2D eigenvalue weighted by Crippen LogP contribution is 2.56. The second-order valence-corrected chi connectivity index (χ2v) is 4.74. The van der Waals surface area contributed by atoms with E-state index in [0.717, 1.165) is 11.8 Å². The van der Waals surface area contributed by atoms with Gasteiger partial charge in [0.15, 0.2) is 0 Å². The SMILES string of the molecule is [B]C1(C)CC2CC(=C)CC2C1. The van der Waals surface area contributed by atoms with Crippen molar-refractivity contribution in [2.45, 2.75) is 37.9 Å². The quantitative estimate of drug-likeness (QED) is 0.364. The average molecular weight is 146 g/mol. The van der Waals surface area contributed by atoms with Crippen LogP contribution in [-0.4, -0.2) is 7.85 Å². The third-order valence-electron chi connectivity index (χ3n) is 3.23. The van der Waals surface area contributed by atoms with E-state index < -0.39 is 0 Å². The van der Waals surface area contributed by atoms with E-state index in [9.17, 15) is 0 Å². The molecule has 0 bridgehead atoms. The lowest BCUT2D eigenvalue weighted by Gasteiger charge is -2.18. The van der Waals surface area contributed by atoms with Crippen LogP contribution in [0.25, 0.3) is 0 Å². The Morgan fingerprint density at radius 2 is 1.82 bits per heavy atom. The van der Waals surface area contributed by atoms with Crippen molar-refractivity contribution < 1.29 is 0 Å². The Morgan fingerprint density at radius 1 is 1.36 bits per heavy atom. The number of hydrogen-bond acceptors (Lipinski definition) is 0. The summed E-state index contributed by atoms with van der Waals surface area (Å²) in [5.41, 5.74) is 1.45. The van der Waals surface area contributed by atoms with Crippen LogP contribution >= 0.6 is 0 Å². The number of allylic oxidation sites excluding steroid dienone is 1. The normalized spacial score (nSPS) is 49.7. The minimum atomic E-state index is 0.135. The van der Waals surface area contributed by atoms with Crippen LogP contribution in [0.1, 0.15) is 32.6 Å². The fraction of sp³-hybridized carbons (Fsp3) is 0.800. The van der Waals surface area contributed by atoms with Gasteiger partial charge in [-0.05, 0) is 24.7 Å². The summed E-state index contributed by atoms with van der Waals surface area (Å²) >= 11 is 0. The van der Waals surface area contributed by atoms with Crippen molar-refractivity contribution in [1.29, 1.82) is 0 Å². The predicted molar refractivity (Wildman–Crippen MR) is 48.7 cm³/mol. The Balaban J connectivity index is 2.09. The molecule has 0 aliphatic heterocycles. The molecule has 2 aliphatic carbocycles. The Labute approximate surface area is 70.5 Å². The van der Waals surface area contributed by atoms with Gasteiger partial charge in [-0.1, -0.05) is 37.2 Å². The molecule has 2 atom stereocenters. The van der Waals surface area contributed by atoms with Crippen molar-refractivity contribution in [3.8, 4) is 0 Å². The molecule has 0 aromatic carbocycles. The van der Waals surface area contributed by atoms with Crippen LogP contribution in [0.5, 0.6) is 0 Å². The highest BCUT2D eigenvalue weighted by molar-refractivity contribution is 6.15. The maximum absolute atomic E-state index is 6.08. The van der Waals surface area contributed by atoms with Gasteiger partial charge >= 0.3 is 0 Å². The molecule has 11 heavy (non-hydrogen) atoms. The predicted octanol–water partition coefficient (Wildman–Crippen LogP) is 2.71. The summed E-state index contributed by atoms with van der Waals surface area (Å²) in [6.45, 7) is 6.23. The molecular formula is C10H15B. The maximum Gasteiger partial charge on any atom is 0.0742 e. The van der Waals surface area contributed by atoms with Crippen LogP contribution in [0, 0.1) is 11.8 Å². The molecular weight excluding hydrogens is 131 g/mol. The molecule has 2 aliphatic rings. The molecule has 0 nitrogen and oxygen atoms in total. The summed E-state index contributed by atoms with van der Waals surface area (Å²) < 4.78 is 0. The van der Waals surface area contributed by atoms with E-state index in [0.29, 0.717) is 0 Å². The van der Waals surface area contributed by atoms with Gasteiger partial charge in [0.05, 0.1) is 7.85 Å². The third kappa shape index (κ3) is 1.26. The summed E-state index contributed by atoms with van der Waals surface area (Å²) in [7, 11) is 6.08. The number of rotatable bonds is 0. The summed E-state index contributed by atoms with van der Waals surface area (Å²) in [4.78, 5) is 0. The van der Waals surface area contributed by atoms with E-state index in [1.54, 1.807) is 0 Å². The molecule has 0 N–H and O–H groups in total. The van der Waals surface area contributed by atoms with E-state index in [1.165, 1.54) is 31.3 Å². The molecule has 0 aromatic heterocycles. The highest BCUT2D eigenvalue weighted by Gasteiger charge is 2.41. The van der Waals surface area contributed by atoms with Gasteiger partial charge in [-0.25, -0.2) is 0 Å². The zero-order valence-corrected chi connectivity index (χ0v) is 7.27. The molecule has 0 heterocycles. The maximum atomic E-state index is 6.08. The minimum Gasteiger partial charge on any atom is -0.0998 e. The van der Waals surface area contributed by atoms with Crippen molar-refractivity contribution in [3.63, 3.8) is 0 Å². The van der Waals surface area contributed by atoms with Gasteiger partial charge in [0, 0.05) is 0 Å². The van der Waals surface area contributed by atoms with Gasteiger partial charge < -0.3 is 0 Å². The molecule has 0 amide bonds. The minimum absolute atomic E-state index is 0.135. The van der Waals surface area contributed by atoms with E-state index in [1.807, 2.05) is 0 Å². The molecule has 2 saturated carbocycles. The van der Waals surface area contributed by atoms with Crippen LogP contribution in [0.3, 0.4) is 0 Å². The topological polar surface area (TPSA) is 0 Å². The lowest BCUT2D eigenvalue weighted by molar-refractivity contribution is 0.457. The van der Waals surface area contributed by atoms with Gasteiger partial charge in [-0.15, -0.1) is 0 Å². The fourth-order valence-corrected chi connectivity index (χ4v) is 2.92. The Morgan fingerprint density at radius 3 is 2.27 bits per heavy atom. The van der Waals surface area contributed by atoms with Gasteiger partial charge in [0.1, 0.15) is 0 Å². The van der Waals surface area contributed by atoms with Crippen LogP contribution in [0.4, 0.5) is 0 Å². The average Bonchev–Trinajstić information content (AvgIpc) is 2.17. The summed E-state index contributed by atoms with van der Waals surface area (Å²) in [5.74, 6) is 1.75. The molecule has 2 fully saturated rings. The molecule has 2 rings (SSSR count). The van der Waals surface area contributed by atoms with Crippen LogP contribution in [-0.2, 0) is 0 Å². The van der Waals surface area contributed by atoms with E-state index in [-0.39, 0.29) is 5.31 Å². The molecule has 2 radical (unpaired) electrons. The Hall–Kier alpha value is -0.195. The van der Waals surface area contributed by atoms with Crippen LogP contribution < -0.4 is 0 Å². The molecule has 2 unspecified atom stereocenters. The van der Waals surface area contributed by atoms with Crippen LogP contribution in [0.15, 0.2) is 12.2 Å². The zero-order valence-electron chi connectivity index (χ0n) is 7.27. The molecule has 0 aromatic rings. The summed E-state index contributed by atoms with van der Waals surface area (Å²) in [5, 5.41) is 0.135. The largest absolute Gasteiger partial charge is 0.0998 e. The van der Waals surface area contributed by atoms with Gasteiger partial charge in [-0.2, -0.15) is 0 Å². The zero-order chi connectivity index (χ0) is 8.06. The van der Waals surface area contributed by atoms with Crippen LogP contribution in [0.2, 0.25) is 5.31 Å². The summed E-state index contributed by atoms with van der Waals surface area (Å²) in [6, 6.07) is 0. The first-order valence-corrected chi connectivity index (χ1v) is 4.52. The second kappa shape index (κ2) is 2.15. The lowest BCUT2D eigenvalue weighted by atomic mass is 9.68. The Kier molecular flexibility index (Phi) is 1.46. The lowest BCUT2D eigenvalue weighted by Crippen LogP contribution is -2.02. The smallest absolute Gasteiger partial charge is 0.0742 e. The van der Waals surface area contributed by atoms with E-state index >= 15 is 0 Å². The van der Waals surface area contributed by atoms with Gasteiger partial charge in [-0.3, -0.25) is 0 Å². The molecule has 1 heteroatoms. The first kappa shape index (κ1) is 7.45. The van der Waals surface area contributed by atoms with Crippen molar-refractivity contribution in [2.75, 3.05) is 0 Å². The monoisotopic (exact) mass is 146 g/mol. The molecule has 58 valence electrons. The van der Waals surface area contributed by atoms with Crippen molar-refractivity contribution in [3.05, 3.63) is 12.2 Å². The summed E-state index contributed by atoms with van der Waals surface area (Å²) in [6.07, 6.45) is 4.93. The van der Waals surface area contributed by atoms with E-state index in [4.69, 9.17) is 7.85 Å². The van der Waals surface area contributed by atoms with Crippen molar-refractivity contribution in [1.82, 2.24) is 0 Å². The van der Waals surface area contributed by atoms with E-state index in [2.05, 4.69) is 13.5 Å². The second-order valence-electron chi connectivity index (χ2n) is 4.74. The number of hydrogen-bond donors (Lipinski definition) is 0.